The third-order valence-corrected chi connectivity index (χ3v) is 4.31. The molecule has 2 aromatic carbocycles. The second-order valence-corrected chi connectivity index (χ2v) is 6.06. The summed E-state index contributed by atoms with van der Waals surface area (Å²) in [6.45, 7) is 1.55. The highest BCUT2D eigenvalue weighted by Gasteiger charge is 2.26. The number of ether oxygens (including phenoxy) is 1. The quantitative estimate of drug-likeness (QED) is 0.886. The molecule has 4 heteroatoms. The maximum atomic E-state index is 10.5. The summed E-state index contributed by atoms with van der Waals surface area (Å²) in [5.74, 6) is 0.817. The first-order valence-corrected chi connectivity index (χ1v) is 8.30. The van der Waals surface area contributed by atoms with Gasteiger partial charge in [-0.3, -0.25) is 0 Å². The number of nitrogens with one attached hydrogen (secondary N) is 1. The molecule has 0 aromatic heterocycles. The van der Waals surface area contributed by atoms with Crippen molar-refractivity contribution in [1.82, 2.24) is 4.90 Å². The van der Waals surface area contributed by atoms with E-state index in [0.717, 1.165) is 24.4 Å². The highest BCUT2D eigenvalue weighted by Crippen LogP contribution is 2.21. The van der Waals surface area contributed by atoms with Gasteiger partial charge in [0.1, 0.15) is 5.75 Å². The van der Waals surface area contributed by atoms with Crippen molar-refractivity contribution < 1.29 is 9.84 Å². The molecular weight excluding hydrogens is 300 g/mol. The Morgan fingerprint density at radius 1 is 1.17 bits per heavy atom. The van der Waals surface area contributed by atoms with Crippen LogP contribution in [-0.4, -0.2) is 42.4 Å². The largest absolute Gasteiger partial charge is 0.497 e. The number of hydrogen-bond donors (Lipinski definition) is 2. The van der Waals surface area contributed by atoms with Gasteiger partial charge in [0, 0.05) is 24.8 Å². The number of hydrogen-bond acceptors (Lipinski definition) is 4. The van der Waals surface area contributed by atoms with E-state index in [1.54, 1.807) is 7.11 Å². The number of piperidine rings is 1. The number of benzene rings is 2. The standard InChI is InChI=1S/C20H24N2O2/c1-24-18-9-5-8-17(14-18)21-19-11-13-22(15-20(19)23)12-10-16-6-3-2-4-7-16/h2-10,12,14,19-21,23H,11,13,15H2,1H3. The number of aliphatic hydroxyl groups is 1. The summed E-state index contributed by atoms with van der Waals surface area (Å²) in [5.41, 5.74) is 2.15. The van der Waals surface area contributed by atoms with Crippen molar-refractivity contribution >= 4 is 11.8 Å². The van der Waals surface area contributed by atoms with Crippen LogP contribution in [0.1, 0.15) is 12.0 Å². The van der Waals surface area contributed by atoms with Crippen LogP contribution in [0.25, 0.3) is 6.08 Å². The lowest BCUT2D eigenvalue weighted by molar-refractivity contribution is 0.0823. The van der Waals surface area contributed by atoms with Crippen LogP contribution in [-0.2, 0) is 0 Å². The summed E-state index contributed by atoms with van der Waals surface area (Å²) in [4.78, 5) is 2.17. The molecule has 1 aliphatic rings. The highest BCUT2D eigenvalue weighted by molar-refractivity contribution is 5.50. The Morgan fingerprint density at radius 3 is 2.75 bits per heavy atom. The van der Waals surface area contributed by atoms with Crippen molar-refractivity contribution in [2.75, 3.05) is 25.5 Å². The maximum Gasteiger partial charge on any atom is 0.120 e. The Balaban J connectivity index is 1.56. The van der Waals surface area contributed by atoms with Gasteiger partial charge in [-0.05, 0) is 36.4 Å². The summed E-state index contributed by atoms with van der Waals surface area (Å²) in [5, 5.41) is 13.9. The van der Waals surface area contributed by atoms with Crippen LogP contribution in [0.5, 0.6) is 5.75 Å². The van der Waals surface area contributed by atoms with Gasteiger partial charge in [-0.15, -0.1) is 0 Å². The summed E-state index contributed by atoms with van der Waals surface area (Å²) >= 11 is 0. The van der Waals surface area contributed by atoms with Gasteiger partial charge in [0.05, 0.1) is 19.3 Å². The molecule has 0 spiro atoms. The summed E-state index contributed by atoms with van der Waals surface area (Å²) in [6, 6.07) is 18.1. The van der Waals surface area contributed by atoms with E-state index < -0.39 is 6.10 Å². The van der Waals surface area contributed by atoms with E-state index in [9.17, 15) is 5.11 Å². The van der Waals surface area contributed by atoms with E-state index in [-0.39, 0.29) is 6.04 Å². The molecule has 2 atom stereocenters. The van der Waals surface area contributed by atoms with Gasteiger partial charge in [0.25, 0.3) is 0 Å². The molecular formula is C20H24N2O2. The van der Waals surface area contributed by atoms with Crippen LogP contribution in [0.3, 0.4) is 0 Å². The fourth-order valence-electron chi connectivity index (χ4n) is 2.94. The summed E-state index contributed by atoms with van der Waals surface area (Å²) in [6.07, 6.45) is 4.63. The minimum atomic E-state index is -0.412. The number of nitrogens with zero attached hydrogens (tertiary/aromatic N) is 1. The van der Waals surface area contributed by atoms with Gasteiger partial charge in [0.2, 0.25) is 0 Å². The Labute approximate surface area is 143 Å². The number of β-amino-alcohol motifs (C(OH)–C–C–N with tert-alkyl or cyclic N) is 1. The number of likely N-dealkylation sites (tertiary alicyclic amines) is 1. The number of methoxy groups -OCH3 is 1. The van der Waals surface area contributed by atoms with E-state index in [0.29, 0.717) is 6.54 Å². The van der Waals surface area contributed by atoms with Gasteiger partial charge >= 0.3 is 0 Å². The third-order valence-electron chi connectivity index (χ3n) is 4.31. The van der Waals surface area contributed by atoms with Crippen LogP contribution < -0.4 is 10.1 Å². The van der Waals surface area contributed by atoms with Crippen molar-refractivity contribution in [1.29, 1.82) is 0 Å². The molecule has 2 unspecified atom stereocenters. The minimum absolute atomic E-state index is 0.0541. The topological polar surface area (TPSA) is 44.7 Å². The van der Waals surface area contributed by atoms with Crippen molar-refractivity contribution in [3.63, 3.8) is 0 Å². The van der Waals surface area contributed by atoms with Gasteiger partial charge in [-0.2, -0.15) is 0 Å². The van der Waals surface area contributed by atoms with Gasteiger partial charge in [0.15, 0.2) is 0 Å². The monoisotopic (exact) mass is 324 g/mol. The number of aliphatic hydroxyl groups excluding tert-OH is 1. The summed E-state index contributed by atoms with van der Waals surface area (Å²) < 4.78 is 5.24. The highest BCUT2D eigenvalue weighted by atomic mass is 16.5. The van der Waals surface area contributed by atoms with E-state index in [4.69, 9.17) is 4.74 Å². The molecule has 3 rings (SSSR count). The third kappa shape index (κ3) is 4.30. The van der Waals surface area contributed by atoms with Crippen molar-refractivity contribution in [3.8, 4) is 5.75 Å². The molecule has 2 aromatic rings. The van der Waals surface area contributed by atoms with Crippen LogP contribution >= 0.6 is 0 Å². The molecule has 1 fully saturated rings. The lowest BCUT2D eigenvalue weighted by atomic mass is 10.0. The first-order valence-electron chi connectivity index (χ1n) is 8.30. The van der Waals surface area contributed by atoms with E-state index in [1.165, 1.54) is 5.56 Å². The molecule has 126 valence electrons. The number of rotatable bonds is 5. The van der Waals surface area contributed by atoms with Crippen molar-refractivity contribution in [3.05, 3.63) is 66.4 Å². The molecule has 1 heterocycles. The summed E-state index contributed by atoms with van der Waals surface area (Å²) in [7, 11) is 1.66. The van der Waals surface area contributed by atoms with Crippen LogP contribution in [0.4, 0.5) is 5.69 Å². The molecule has 0 aliphatic carbocycles. The average Bonchev–Trinajstić information content (AvgIpc) is 2.63. The van der Waals surface area contributed by atoms with E-state index in [1.807, 2.05) is 42.5 Å². The smallest absolute Gasteiger partial charge is 0.120 e. The van der Waals surface area contributed by atoms with Gasteiger partial charge in [-0.25, -0.2) is 0 Å². The normalized spacial score (nSPS) is 21.0. The maximum absolute atomic E-state index is 10.5. The zero-order valence-electron chi connectivity index (χ0n) is 13.9. The molecule has 0 bridgehead atoms. The first-order chi connectivity index (χ1) is 11.7. The number of anilines is 1. The fraction of sp³-hybridized carbons (Fsp3) is 0.300. The van der Waals surface area contributed by atoms with E-state index in [2.05, 4.69) is 34.6 Å². The fourth-order valence-corrected chi connectivity index (χ4v) is 2.94. The predicted molar refractivity (Wildman–Crippen MR) is 98.1 cm³/mol. The molecule has 0 saturated carbocycles. The van der Waals surface area contributed by atoms with Crippen molar-refractivity contribution in [2.24, 2.45) is 0 Å². The molecule has 4 nitrogen and oxygen atoms in total. The van der Waals surface area contributed by atoms with Gasteiger partial charge < -0.3 is 20.1 Å². The van der Waals surface area contributed by atoms with Crippen molar-refractivity contribution in [2.45, 2.75) is 18.6 Å². The van der Waals surface area contributed by atoms with E-state index >= 15 is 0 Å². The average molecular weight is 324 g/mol. The lowest BCUT2D eigenvalue weighted by Gasteiger charge is -2.36. The Hall–Kier alpha value is -2.46. The first kappa shape index (κ1) is 16.4. The minimum Gasteiger partial charge on any atom is -0.497 e. The van der Waals surface area contributed by atoms with Gasteiger partial charge in [-0.1, -0.05) is 36.4 Å². The molecule has 0 radical (unpaired) electrons. The second kappa shape index (κ2) is 7.88. The van der Waals surface area contributed by atoms with Crippen LogP contribution in [0.15, 0.2) is 60.8 Å². The molecule has 0 amide bonds. The molecule has 1 aliphatic heterocycles. The Bertz CT molecular complexity index is 672. The molecule has 24 heavy (non-hydrogen) atoms. The lowest BCUT2D eigenvalue weighted by Crippen LogP contribution is -2.47. The Morgan fingerprint density at radius 2 is 2.00 bits per heavy atom. The second-order valence-electron chi connectivity index (χ2n) is 6.06. The SMILES string of the molecule is COc1cccc(NC2CCN(C=Cc3ccccc3)CC2O)c1. The van der Waals surface area contributed by atoms with Crippen LogP contribution in [0, 0.1) is 0 Å². The zero-order valence-corrected chi connectivity index (χ0v) is 13.9. The van der Waals surface area contributed by atoms with Crippen LogP contribution in [0.2, 0.25) is 0 Å². The predicted octanol–water partition coefficient (Wildman–Crippen LogP) is 3.21. The molecule has 1 saturated heterocycles. The molecule has 2 N–H and O–H groups in total. The zero-order chi connectivity index (χ0) is 16.8. The Kier molecular flexibility index (Phi) is 5.39.